The molecule has 0 bridgehead atoms. The van der Waals surface area contributed by atoms with Crippen molar-refractivity contribution in [2.75, 3.05) is 36.0 Å². The van der Waals surface area contributed by atoms with E-state index < -0.39 is 0 Å². The minimum absolute atomic E-state index is 0.777. The molecule has 0 aliphatic carbocycles. The maximum atomic E-state index is 4.67. The van der Waals surface area contributed by atoms with Crippen molar-refractivity contribution in [3.05, 3.63) is 42.9 Å². The quantitative estimate of drug-likeness (QED) is 0.709. The Morgan fingerprint density at radius 2 is 1.70 bits per heavy atom. The Balaban J connectivity index is 1.59. The average molecular weight is 307 g/mol. The molecule has 0 amide bonds. The molecule has 0 unspecified atom stereocenters. The van der Waals surface area contributed by atoms with Crippen LogP contribution in [0.3, 0.4) is 0 Å². The Morgan fingerprint density at radius 3 is 2.48 bits per heavy atom. The summed E-state index contributed by atoms with van der Waals surface area (Å²) in [5.41, 5.74) is 0.897. The number of piperazine rings is 1. The van der Waals surface area contributed by atoms with Crippen molar-refractivity contribution in [3.8, 4) is 0 Å². The fraction of sp³-hybridized carbons (Fsp3) is 0.312. The summed E-state index contributed by atoms with van der Waals surface area (Å²) >= 11 is 0. The second kappa shape index (κ2) is 5.75. The summed E-state index contributed by atoms with van der Waals surface area (Å²) in [5, 5.41) is 1.06. The number of hydrogen-bond acceptors (Lipinski definition) is 7. The standard InChI is InChI=1S/C16H17N7/c1-12-20-14-10-17-4-2-13(14)16(21-12)23-8-6-22(7-9-23)15-3-5-18-11-19-15/h2-5,10-11H,6-9H2,1H3. The third kappa shape index (κ3) is 2.65. The van der Waals surface area contributed by atoms with Crippen molar-refractivity contribution in [1.82, 2.24) is 24.9 Å². The zero-order chi connectivity index (χ0) is 15.6. The lowest BCUT2D eigenvalue weighted by molar-refractivity contribution is 0.641. The highest BCUT2D eigenvalue weighted by Gasteiger charge is 2.21. The van der Waals surface area contributed by atoms with E-state index in [1.807, 2.05) is 19.1 Å². The zero-order valence-corrected chi connectivity index (χ0v) is 12.9. The first kappa shape index (κ1) is 13.8. The van der Waals surface area contributed by atoms with Gasteiger partial charge in [0.1, 0.15) is 23.8 Å². The lowest BCUT2D eigenvalue weighted by atomic mass is 10.2. The van der Waals surface area contributed by atoms with Gasteiger partial charge in [-0.25, -0.2) is 19.9 Å². The van der Waals surface area contributed by atoms with Crippen molar-refractivity contribution >= 4 is 22.5 Å². The number of aryl methyl sites for hydroxylation is 1. The highest BCUT2D eigenvalue weighted by Crippen LogP contribution is 2.24. The molecule has 0 aromatic carbocycles. The molecule has 3 aromatic heterocycles. The predicted molar refractivity (Wildman–Crippen MR) is 88.5 cm³/mol. The Labute approximate surface area is 134 Å². The van der Waals surface area contributed by atoms with Crippen molar-refractivity contribution in [3.63, 3.8) is 0 Å². The fourth-order valence-corrected chi connectivity index (χ4v) is 2.94. The molecule has 0 radical (unpaired) electrons. The van der Waals surface area contributed by atoms with Crippen molar-refractivity contribution in [2.45, 2.75) is 6.92 Å². The normalized spacial score (nSPS) is 15.2. The van der Waals surface area contributed by atoms with E-state index in [1.54, 1.807) is 24.9 Å². The minimum Gasteiger partial charge on any atom is -0.353 e. The third-order valence-electron chi connectivity index (χ3n) is 4.06. The summed E-state index contributed by atoms with van der Waals surface area (Å²) in [6, 6.07) is 3.94. The first-order chi connectivity index (χ1) is 11.3. The molecule has 1 aliphatic heterocycles. The molecule has 1 saturated heterocycles. The number of pyridine rings is 1. The van der Waals surface area contributed by atoms with Crippen LogP contribution in [0.25, 0.3) is 10.9 Å². The fourth-order valence-electron chi connectivity index (χ4n) is 2.94. The topological polar surface area (TPSA) is 70.9 Å². The Hall–Kier alpha value is -2.83. The van der Waals surface area contributed by atoms with E-state index in [-0.39, 0.29) is 0 Å². The number of hydrogen-bond donors (Lipinski definition) is 0. The van der Waals surface area contributed by atoms with Gasteiger partial charge in [0.05, 0.1) is 11.7 Å². The van der Waals surface area contributed by atoms with Crippen LogP contribution in [-0.2, 0) is 0 Å². The van der Waals surface area contributed by atoms with Crippen LogP contribution >= 0.6 is 0 Å². The van der Waals surface area contributed by atoms with Crippen LogP contribution < -0.4 is 9.80 Å². The van der Waals surface area contributed by atoms with E-state index in [0.29, 0.717) is 0 Å². The molecule has 7 nitrogen and oxygen atoms in total. The lowest BCUT2D eigenvalue weighted by Crippen LogP contribution is -2.47. The minimum atomic E-state index is 0.777. The summed E-state index contributed by atoms with van der Waals surface area (Å²) in [4.78, 5) is 26.2. The molecule has 1 fully saturated rings. The number of anilines is 2. The number of fused-ring (bicyclic) bond motifs is 1. The monoisotopic (exact) mass is 307 g/mol. The van der Waals surface area contributed by atoms with Gasteiger partial charge in [-0.15, -0.1) is 0 Å². The second-order valence-corrected chi connectivity index (χ2v) is 5.53. The highest BCUT2D eigenvalue weighted by atomic mass is 15.3. The molecule has 4 rings (SSSR count). The summed E-state index contributed by atoms with van der Waals surface area (Å²) in [6.45, 7) is 5.54. The van der Waals surface area contributed by atoms with Crippen molar-refractivity contribution in [1.29, 1.82) is 0 Å². The van der Waals surface area contributed by atoms with Gasteiger partial charge < -0.3 is 9.80 Å². The smallest absolute Gasteiger partial charge is 0.140 e. The molecule has 23 heavy (non-hydrogen) atoms. The Morgan fingerprint density at radius 1 is 0.913 bits per heavy atom. The van der Waals surface area contributed by atoms with Gasteiger partial charge in [0.2, 0.25) is 0 Å². The average Bonchev–Trinajstić information content (AvgIpc) is 2.62. The van der Waals surface area contributed by atoms with Crippen LogP contribution in [0.5, 0.6) is 0 Å². The van der Waals surface area contributed by atoms with Gasteiger partial charge in [0, 0.05) is 44.0 Å². The van der Waals surface area contributed by atoms with Crippen molar-refractivity contribution < 1.29 is 0 Å². The zero-order valence-electron chi connectivity index (χ0n) is 12.9. The summed E-state index contributed by atoms with van der Waals surface area (Å²) < 4.78 is 0. The van der Waals surface area contributed by atoms with E-state index in [1.165, 1.54) is 0 Å². The van der Waals surface area contributed by atoms with E-state index >= 15 is 0 Å². The Bertz CT molecular complexity index is 813. The molecule has 3 aromatic rings. The van der Waals surface area contributed by atoms with Gasteiger partial charge in [-0.2, -0.15) is 0 Å². The van der Waals surface area contributed by atoms with Crippen LogP contribution in [-0.4, -0.2) is 51.1 Å². The summed E-state index contributed by atoms with van der Waals surface area (Å²) in [5.74, 6) is 2.75. The summed E-state index contributed by atoms with van der Waals surface area (Å²) in [6.07, 6.45) is 6.96. The van der Waals surface area contributed by atoms with Gasteiger partial charge in [-0.1, -0.05) is 0 Å². The first-order valence-electron chi connectivity index (χ1n) is 7.65. The number of aromatic nitrogens is 5. The predicted octanol–water partition coefficient (Wildman–Crippen LogP) is 1.45. The number of nitrogens with zero attached hydrogens (tertiary/aromatic N) is 7. The number of rotatable bonds is 2. The van der Waals surface area contributed by atoms with Crippen LogP contribution in [0.1, 0.15) is 5.82 Å². The first-order valence-corrected chi connectivity index (χ1v) is 7.65. The lowest BCUT2D eigenvalue weighted by Gasteiger charge is -2.36. The molecular weight excluding hydrogens is 290 g/mol. The molecule has 1 aliphatic rings. The second-order valence-electron chi connectivity index (χ2n) is 5.53. The Kier molecular flexibility index (Phi) is 3.45. The largest absolute Gasteiger partial charge is 0.353 e. The van der Waals surface area contributed by atoms with E-state index in [9.17, 15) is 0 Å². The van der Waals surface area contributed by atoms with Gasteiger partial charge >= 0.3 is 0 Å². The van der Waals surface area contributed by atoms with Crippen LogP contribution in [0.4, 0.5) is 11.6 Å². The van der Waals surface area contributed by atoms with Gasteiger partial charge in [-0.05, 0) is 19.1 Å². The van der Waals surface area contributed by atoms with Gasteiger partial charge in [-0.3, -0.25) is 4.98 Å². The van der Waals surface area contributed by atoms with E-state index in [0.717, 1.165) is 54.5 Å². The van der Waals surface area contributed by atoms with E-state index in [2.05, 4.69) is 34.7 Å². The molecular formula is C16H17N7. The van der Waals surface area contributed by atoms with Crippen LogP contribution in [0.2, 0.25) is 0 Å². The van der Waals surface area contributed by atoms with Gasteiger partial charge in [0.15, 0.2) is 0 Å². The third-order valence-corrected chi connectivity index (χ3v) is 4.06. The molecule has 116 valence electrons. The summed E-state index contributed by atoms with van der Waals surface area (Å²) in [7, 11) is 0. The molecule has 0 atom stereocenters. The molecule has 4 heterocycles. The maximum absolute atomic E-state index is 4.67. The molecule has 0 spiro atoms. The van der Waals surface area contributed by atoms with Crippen LogP contribution in [0, 0.1) is 6.92 Å². The molecule has 0 saturated carbocycles. The van der Waals surface area contributed by atoms with Gasteiger partial charge in [0.25, 0.3) is 0 Å². The van der Waals surface area contributed by atoms with Crippen LogP contribution in [0.15, 0.2) is 37.1 Å². The van der Waals surface area contributed by atoms with E-state index in [4.69, 9.17) is 0 Å². The highest BCUT2D eigenvalue weighted by molar-refractivity contribution is 5.88. The SMILES string of the molecule is Cc1nc(N2CCN(c3ccncn3)CC2)c2ccncc2n1. The molecule has 7 heteroatoms. The van der Waals surface area contributed by atoms with Crippen molar-refractivity contribution in [2.24, 2.45) is 0 Å². The maximum Gasteiger partial charge on any atom is 0.140 e. The molecule has 0 N–H and O–H groups in total.